The van der Waals surface area contributed by atoms with Crippen LogP contribution in [-0.4, -0.2) is 16.7 Å². The molecule has 0 spiro atoms. The molecule has 0 unspecified atom stereocenters. The fourth-order valence-corrected chi connectivity index (χ4v) is 1.67. The summed E-state index contributed by atoms with van der Waals surface area (Å²) >= 11 is 0. The summed E-state index contributed by atoms with van der Waals surface area (Å²) in [5, 5.41) is 9.40. The molecule has 0 aromatic carbocycles. The van der Waals surface area contributed by atoms with Gasteiger partial charge in [-0.15, -0.1) is 0 Å². The van der Waals surface area contributed by atoms with E-state index in [1.807, 2.05) is 20.8 Å². The van der Waals surface area contributed by atoms with Crippen LogP contribution in [0.5, 0.6) is 5.75 Å². The molecule has 0 amide bonds. The van der Waals surface area contributed by atoms with Gasteiger partial charge in [0.2, 0.25) is 0 Å². The zero-order valence-corrected chi connectivity index (χ0v) is 10.2. The van der Waals surface area contributed by atoms with Crippen LogP contribution in [0, 0.1) is 13.8 Å². The SMILES string of the molecule is C=CCOc1c(C)c(C)nc(CC)c1CO. The Kier molecular flexibility index (Phi) is 4.50. The third kappa shape index (κ3) is 2.42. The maximum absolute atomic E-state index is 9.40. The van der Waals surface area contributed by atoms with Gasteiger partial charge in [0.15, 0.2) is 0 Å². The predicted octanol–water partition coefficient (Wildman–Crippen LogP) is 2.32. The first-order valence-electron chi connectivity index (χ1n) is 5.49. The summed E-state index contributed by atoms with van der Waals surface area (Å²) in [6, 6.07) is 0. The van der Waals surface area contributed by atoms with Crippen LogP contribution in [0.15, 0.2) is 12.7 Å². The highest BCUT2D eigenvalue weighted by atomic mass is 16.5. The van der Waals surface area contributed by atoms with Gasteiger partial charge in [0.05, 0.1) is 6.61 Å². The van der Waals surface area contributed by atoms with E-state index in [4.69, 9.17) is 4.74 Å². The normalized spacial score (nSPS) is 10.2. The second-order valence-corrected chi connectivity index (χ2v) is 3.69. The summed E-state index contributed by atoms with van der Waals surface area (Å²) in [7, 11) is 0. The van der Waals surface area contributed by atoms with Crippen LogP contribution in [-0.2, 0) is 13.0 Å². The van der Waals surface area contributed by atoms with Crippen molar-refractivity contribution in [2.75, 3.05) is 6.61 Å². The average Bonchev–Trinajstić information content (AvgIpc) is 2.30. The fraction of sp³-hybridized carbons (Fsp3) is 0.462. The molecule has 0 aliphatic rings. The highest BCUT2D eigenvalue weighted by Crippen LogP contribution is 2.28. The van der Waals surface area contributed by atoms with Crippen molar-refractivity contribution in [2.45, 2.75) is 33.8 Å². The Bertz CT molecular complexity index is 386. The highest BCUT2D eigenvalue weighted by Gasteiger charge is 2.14. The molecule has 1 N–H and O–H groups in total. The number of rotatable bonds is 5. The Morgan fingerprint density at radius 2 is 2.12 bits per heavy atom. The quantitative estimate of drug-likeness (QED) is 0.776. The first-order chi connectivity index (χ1) is 7.65. The number of aliphatic hydroxyl groups excluding tert-OH is 1. The van der Waals surface area contributed by atoms with E-state index < -0.39 is 0 Å². The number of ether oxygens (including phenoxy) is 1. The van der Waals surface area contributed by atoms with E-state index in [-0.39, 0.29) is 6.61 Å². The lowest BCUT2D eigenvalue weighted by molar-refractivity contribution is 0.267. The van der Waals surface area contributed by atoms with E-state index in [1.165, 1.54) is 0 Å². The van der Waals surface area contributed by atoms with Crippen molar-refractivity contribution in [3.63, 3.8) is 0 Å². The van der Waals surface area contributed by atoms with Crippen molar-refractivity contribution >= 4 is 0 Å². The van der Waals surface area contributed by atoms with Crippen molar-refractivity contribution in [3.8, 4) is 5.75 Å². The Morgan fingerprint density at radius 1 is 1.44 bits per heavy atom. The lowest BCUT2D eigenvalue weighted by Crippen LogP contribution is -2.07. The Balaban J connectivity index is 3.28. The zero-order valence-electron chi connectivity index (χ0n) is 10.2. The summed E-state index contributed by atoms with van der Waals surface area (Å²) < 4.78 is 5.61. The first-order valence-corrected chi connectivity index (χ1v) is 5.49. The molecule has 1 heterocycles. The number of nitrogens with zero attached hydrogens (tertiary/aromatic N) is 1. The molecular weight excluding hydrogens is 202 g/mol. The monoisotopic (exact) mass is 221 g/mol. The van der Waals surface area contributed by atoms with Gasteiger partial charge >= 0.3 is 0 Å². The standard InChI is InChI=1S/C13H19NO2/c1-5-7-16-13-9(3)10(4)14-12(6-2)11(13)8-15/h5,15H,1,6-8H2,2-4H3. The van der Waals surface area contributed by atoms with Crippen LogP contribution < -0.4 is 4.74 Å². The number of hydrogen-bond acceptors (Lipinski definition) is 3. The molecule has 0 saturated carbocycles. The van der Waals surface area contributed by atoms with E-state index in [0.29, 0.717) is 6.61 Å². The molecule has 3 nitrogen and oxygen atoms in total. The molecule has 1 rings (SSSR count). The van der Waals surface area contributed by atoms with Gasteiger partial charge in [0.1, 0.15) is 12.4 Å². The van der Waals surface area contributed by atoms with Crippen molar-refractivity contribution in [3.05, 3.63) is 35.2 Å². The second kappa shape index (κ2) is 5.66. The third-order valence-electron chi connectivity index (χ3n) is 2.65. The fourth-order valence-electron chi connectivity index (χ4n) is 1.67. The molecule has 88 valence electrons. The summed E-state index contributed by atoms with van der Waals surface area (Å²) in [6.07, 6.45) is 2.49. The van der Waals surface area contributed by atoms with Crippen LogP contribution in [0.1, 0.15) is 29.4 Å². The zero-order chi connectivity index (χ0) is 12.1. The van der Waals surface area contributed by atoms with Crippen molar-refractivity contribution in [1.29, 1.82) is 0 Å². The van der Waals surface area contributed by atoms with Gasteiger partial charge in [-0.1, -0.05) is 19.6 Å². The Hall–Kier alpha value is -1.35. The number of hydrogen-bond donors (Lipinski definition) is 1. The van der Waals surface area contributed by atoms with Crippen molar-refractivity contribution in [1.82, 2.24) is 4.98 Å². The molecule has 16 heavy (non-hydrogen) atoms. The minimum atomic E-state index is -0.0379. The minimum absolute atomic E-state index is 0.0379. The molecule has 0 fully saturated rings. The number of aryl methyl sites for hydroxylation is 2. The molecule has 0 aliphatic heterocycles. The maximum Gasteiger partial charge on any atom is 0.131 e. The van der Waals surface area contributed by atoms with Gasteiger partial charge in [-0.25, -0.2) is 0 Å². The maximum atomic E-state index is 9.40. The lowest BCUT2D eigenvalue weighted by atomic mass is 10.1. The van der Waals surface area contributed by atoms with Gasteiger partial charge in [-0.3, -0.25) is 4.98 Å². The lowest BCUT2D eigenvalue weighted by Gasteiger charge is -2.16. The van der Waals surface area contributed by atoms with Crippen LogP contribution in [0.3, 0.4) is 0 Å². The average molecular weight is 221 g/mol. The van der Waals surface area contributed by atoms with Gasteiger partial charge in [-0.2, -0.15) is 0 Å². The molecule has 1 aromatic rings. The molecule has 0 aliphatic carbocycles. The van der Waals surface area contributed by atoms with Crippen LogP contribution in [0.4, 0.5) is 0 Å². The topological polar surface area (TPSA) is 42.4 Å². The van der Waals surface area contributed by atoms with Gasteiger partial charge < -0.3 is 9.84 Å². The van der Waals surface area contributed by atoms with Crippen LogP contribution in [0.2, 0.25) is 0 Å². The Morgan fingerprint density at radius 3 is 2.62 bits per heavy atom. The Labute approximate surface area is 96.8 Å². The minimum Gasteiger partial charge on any atom is -0.489 e. The van der Waals surface area contributed by atoms with E-state index >= 15 is 0 Å². The van der Waals surface area contributed by atoms with Crippen molar-refractivity contribution < 1.29 is 9.84 Å². The van der Waals surface area contributed by atoms with Gasteiger partial charge in [-0.05, 0) is 20.3 Å². The number of pyridine rings is 1. The van der Waals surface area contributed by atoms with E-state index in [9.17, 15) is 5.11 Å². The molecule has 0 atom stereocenters. The van der Waals surface area contributed by atoms with Crippen LogP contribution >= 0.6 is 0 Å². The summed E-state index contributed by atoms with van der Waals surface area (Å²) in [5.74, 6) is 0.756. The van der Waals surface area contributed by atoms with E-state index in [2.05, 4.69) is 11.6 Å². The number of aliphatic hydroxyl groups is 1. The van der Waals surface area contributed by atoms with E-state index in [0.717, 1.165) is 34.7 Å². The summed E-state index contributed by atoms with van der Waals surface area (Å²) in [6.45, 7) is 9.96. The first kappa shape index (κ1) is 12.7. The third-order valence-corrected chi connectivity index (χ3v) is 2.65. The number of aromatic nitrogens is 1. The summed E-state index contributed by atoms with van der Waals surface area (Å²) in [5.41, 5.74) is 3.65. The largest absolute Gasteiger partial charge is 0.489 e. The second-order valence-electron chi connectivity index (χ2n) is 3.69. The van der Waals surface area contributed by atoms with Crippen LogP contribution in [0.25, 0.3) is 0 Å². The van der Waals surface area contributed by atoms with Gasteiger partial charge in [0, 0.05) is 22.5 Å². The molecule has 0 radical (unpaired) electrons. The highest BCUT2D eigenvalue weighted by molar-refractivity contribution is 5.45. The molecular formula is C13H19NO2. The van der Waals surface area contributed by atoms with Crippen molar-refractivity contribution in [2.24, 2.45) is 0 Å². The predicted molar refractivity (Wildman–Crippen MR) is 64.7 cm³/mol. The molecule has 1 aromatic heterocycles. The van der Waals surface area contributed by atoms with Gasteiger partial charge in [0.25, 0.3) is 0 Å². The van der Waals surface area contributed by atoms with E-state index in [1.54, 1.807) is 6.08 Å². The molecule has 0 saturated heterocycles. The smallest absolute Gasteiger partial charge is 0.131 e. The molecule has 3 heteroatoms. The molecule has 0 bridgehead atoms. The summed E-state index contributed by atoms with van der Waals surface area (Å²) in [4.78, 5) is 4.46.